The molecule has 0 heterocycles. The van der Waals surface area contributed by atoms with E-state index in [1.54, 1.807) is 0 Å². The van der Waals surface area contributed by atoms with Gasteiger partial charge >= 0.3 is 0 Å². The SMILES string of the molecule is C=C[C@@H](c1ccc(C)c(Cl)c1)C1C=CCC=C1. The van der Waals surface area contributed by atoms with Crippen LogP contribution in [0.3, 0.4) is 0 Å². The summed E-state index contributed by atoms with van der Waals surface area (Å²) in [6, 6.07) is 6.27. The molecule has 0 unspecified atom stereocenters. The lowest BCUT2D eigenvalue weighted by molar-refractivity contribution is 0.698. The van der Waals surface area contributed by atoms with E-state index in [0.717, 1.165) is 17.0 Å². The second-order valence-corrected chi connectivity index (χ2v) is 4.85. The lowest BCUT2D eigenvalue weighted by Crippen LogP contribution is -2.07. The predicted molar refractivity (Wildman–Crippen MR) is 75.5 cm³/mol. The highest BCUT2D eigenvalue weighted by molar-refractivity contribution is 6.31. The fourth-order valence-corrected chi connectivity index (χ4v) is 2.37. The fraction of sp³-hybridized carbons (Fsp3) is 0.250. The lowest BCUT2D eigenvalue weighted by Gasteiger charge is -2.21. The second kappa shape index (κ2) is 5.37. The molecule has 88 valence electrons. The molecule has 2 rings (SSSR count). The first-order valence-electron chi connectivity index (χ1n) is 5.94. The Hall–Kier alpha value is -1.27. The monoisotopic (exact) mass is 244 g/mol. The number of hydrogen-bond donors (Lipinski definition) is 0. The minimum Gasteiger partial charge on any atom is -0.102 e. The number of hydrogen-bond acceptors (Lipinski definition) is 0. The standard InChI is InChI=1S/C16H17Cl/c1-3-15(13-7-5-4-6-8-13)14-10-9-12(2)16(17)11-14/h3,5-11,13,15H,1,4H2,2H3/t15-/m1/s1. The van der Waals surface area contributed by atoms with Gasteiger partial charge in [-0.25, -0.2) is 0 Å². The van der Waals surface area contributed by atoms with E-state index in [-0.39, 0.29) is 0 Å². The minimum absolute atomic E-state index is 0.306. The molecule has 0 saturated carbocycles. The Bertz CT molecular complexity index is 456. The van der Waals surface area contributed by atoms with Crippen molar-refractivity contribution in [1.29, 1.82) is 0 Å². The third-order valence-corrected chi connectivity index (χ3v) is 3.65. The van der Waals surface area contributed by atoms with Gasteiger partial charge < -0.3 is 0 Å². The van der Waals surface area contributed by atoms with Gasteiger partial charge in [-0.2, -0.15) is 0 Å². The lowest BCUT2D eigenvalue weighted by atomic mass is 9.83. The van der Waals surface area contributed by atoms with Crippen molar-refractivity contribution in [2.24, 2.45) is 5.92 Å². The molecule has 0 radical (unpaired) electrons. The van der Waals surface area contributed by atoms with Crippen molar-refractivity contribution in [2.45, 2.75) is 19.3 Å². The molecule has 0 amide bonds. The van der Waals surface area contributed by atoms with Gasteiger partial charge in [-0.15, -0.1) is 6.58 Å². The number of allylic oxidation sites excluding steroid dienone is 5. The van der Waals surface area contributed by atoms with Crippen molar-refractivity contribution in [3.05, 3.63) is 71.3 Å². The topological polar surface area (TPSA) is 0 Å². The maximum absolute atomic E-state index is 6.18. The largest absolute Gasteiger partial charge is 0.102 e. The Balaban J connectivity index is 2.31. The molecule has 1 aromatic rings. The highest BCUT2D eigenvalue weighted by atomic mass is 35.5. The van der Waals surface area contributed by atoms with Crippen molar-refractivity contribution in [3.63, 3.8) is 0 Å². The second-order valence-electron chi connectivity index (χ2n) is 4.44. The summed E-state index contributed by atoms with van der Waals surface area (Å²) in [4.78, 5) is 0. The summed E-state index contributed by atoms with van der Waals surface area (Å²) in [5, 5.41) is 0.832. The molecule has 17 heavy (non-hydrogen) atoms. The highest BCUT2D eigenvalue weighted by Gasteiger charge is 2.17. The molecule has 0 aromatic heterocycles. The fourth-order valence-electron chi connectivity index (χ4n) is 2.19. The van der Waals surface area contributed by atoms with E-state index in [1.807, 2.05) is 13.0 Å². The van der Waals surface area contributed by atoms with Crippen molar-refractivity contribution in [1.82, 2.24) is 0 Å². The van der Waals surface area contributed by atoms with Gasteiger partial charge in [0.25, 0.3) is 0 Å². The Kier molecular flexibility index (Phi) is 3.86. The summed E-state index contributed by atoms with van der Waals surface area (Å²) < 4.78 is 0. The van der Waals surface area contributed by atoms with E-state index < -0.39 is 0 Å². The molecule has 0 bridgehead atoms. The van der Waals surface area contributed by atoms with Gasteiger partial charge in [-0.1, -0.05) is 54.1 Å². The van der Waals surface area contributed by atoms with E-state index in [9.17, 15) is 0 Å². The first-order valence-corrected chi connectivity index (χ1v) is 6.32. The Morgan fingerprint density at radius 2 is 2.06 bits per heavy atom. The van der Waals surface area contributed by atoms with Gasteiger partial charge in [0.2, 0.25) is 0 Å². The van der Waals surface area contributed by atoms with Crippen molar-refractivity contribution in [3.8, 4) is 0 Å². The Labute approximate surface area is 108 Å². The van der Waals surface area contributed by atoms with Crippen molar-refractivity contribution in [2.75, 3.05) is 0 Å². The van der Waals surface area contributed by atoms with Crippen LogP contribution in [0.15, 0.2) is 55.2 Å². The van der Waals surface area contributed by atoms with Gasteiger partial charge in [-0.05, 0) is 30.5 Å². The smallest absolute Gasteiger partial charge is 0.0438 e. The molecule has 1 aromatic carbocycles. The summed E-state index contributed by atoms with van der Waals surface area (Å²) in [5.41, 5.74) is 2.35. The van der Waals surface area contributed by atoms with Gasteiger partial charge in [0, 0.05) is 16.9 Å². The Morgan fingerprint density at radius 1 is 1.35 bits per heavy atom. The van der Waals surface area contributed by atoms with Crippen molar-refractivity contribution >= 4 is 11.6 Å². The Morgan fingerprint density at radius 3 is 2.65 bits per heavy atom. The first-order chi connectivity index (χ1) is 8.22. The molecule has 1 aliphatic carbocycles. The molecule has 0 N–H and O–H groups in total. The molecule has 1 heteroatoms. The zero-order valence-electron chi connectivity index (χ0n) is 10.1. The van der Waals surface area contributed by atoms with Gasteiger partial charge in [0.05, 0.1) is 0 Å². The third-order valence-electron chi connectivity index (χ3n) is 3.24. The van der Waals surface area contributed by atoms with E-state index in [2.05, 4.69) is 49.1 Å². The van der Waals surface area contributed by atoms with E-state index in [1.165, 1.54) is 5.56 Å². The summed E-state index contributed by atoms with van der Waals surface area (Å²) in [6.07, 6.45) is 12.0. The number of aryl methyl sites for hydroxylation is 1. The van der Waals surface area contributed by atoms with Crippen LogP contribution in [0.2, 0.25) is 5.02 Å². The maximum atomic E-state index is 6.18. The molecule has 0 spiro atoms. The highest BCUT2D eigenvalue weighted by Crippen LogP contribution is 2.32. The van der Waals surface area contributed by atoms with E-state index in [0.29, 0.717) is 11.8 Å². The van der Waals surface area contributed by atoms with Crippen LogP contribution in [-0.2, 0) is 0 Å². The predicted octanol–water partition coefficient (Wildman–Crippen LogP) is 5.05. The van der Waals surface area contributed by atoms with Gasteiger partial charge in [0.15, 0.2) is 0 Å². The molecule has 1 atom stereocenters. The summed E-state index contributed by atoms with van der Waals surface area (Å²) in [7, 11) is 0. The summed E-state index contributed by atoms with van der Waals surface area (Å²) >= 11 is 6.18. The first kappa shape index (κ1) is 12.2. The quantitative estimate of drug-likeness (QED) is 0.653. The zero-order chi connectivity index (χ0) is 12.3. The zero-order valence-corrected chi connectivity index (χ0v) is 10.8. The van der Waals surface area contributed by atoms with Crippen LogP contribution in [0, 0.1) is 12.8 Å². The van der Waals surface area contributed by atoms with E-state index in [4.69, 9.17) is 11.6 Å². The number of halogens is 1. The van der Waals surface area contributed by atoms with Crippen LogP contribution in [-0.4, -0.2) is 0 Å². The van der Waals surface area contributed by atoms with Gasteiger partial charge in [-0.3, -0.25) is 0 Å². The normalized spacial score (nSPS) is 17.1. The summed E-state index contributed by atoms with van der Waals surface area (Å²) in [5.74, 6) is 0.709. The van der Waals surface area contributed by atoms with Gasteiger partial charge in [0.1, 0.15) is 0 Å². The summed E-state index contributed by atoms with van der Waals surface area (Å²) in [6.45, 7) is 5.98. The average Bonchev–Trinajstić information content (AvgIpc) is 2.36. The average molecular weight is 245 g/mol. The minimum atomic E-state index is 0.306. The van der Waals surface area contributed by atoms with Crippen molar-refractivity contribution < 1.29 is 0 Å². The molecule has 0 nitrogen and oxygen atoms in total. The maximum Gasteiger partial charge on any atom is 0.0438 e. The molecule has 1 aliphatic rings. The molecular weight excluding hydrogens is 228 g/mol. The molecule has 0 saturated heterocycles. The van der Waals surface area contributed by atoms with Crippen LogP contribution in [0.5, 0.6) is 0 Å². The number of benzene rings is 1. The van der Waals surface area contributed by atoms with Crippen LogP contribution >= 0.6 is 11.6 Å². The van der Waals surface area contributed by atoms with Crippen LogP contribution in [0.4, 0.5) is 0 Å². The number of rotatable bonds is 3. The molecule has 0 aliphatic heterocycles. The van der Waals surface area contributed by atoms with Crippen LogP contribution < -0.4 is 0 Å². The molecule has 0 fully saturated rings. The van der Waals surface area contributed by atoms with E-state index >= 15 is 0 Å². The van der Waals surface area contributed by atoms with Crippen LogP contribution in [0.1, 0.15) is 23.5 Å². The molecular formula is C16H17Cl. The van der Waals surface area contributed by atoms with Crippen LogP contribution in [0.25, 0.3) is 0 Å². The third kappa shape index (κ3) is 2.70.